The van der Waals surface area contributed by atoms with E-state index >= 15 is 0 Å². The quantitative estimate of drug-likeness (QED) is 0.641. The molecule has 3 rings (SSSR count). The molecular weight excluding hydrogens is 436 g/mol. The average molecular weight is 469 g/mol. The Bertz CT molecular complexity index is 1050. The van der Waals surface area contributed by atoms with Crippen LogP contribution in [0, 0.1) is 0 Å². The van der Waals surface area contributed by atoms with Crippen LogP contribution in [0.5, 0.6) is 17.2 Å². The molecule has 3 amide bonds. The summed E-state index contributed by atoms with van der Waals surface area (Å²) >= 11 is 0. The van der Waals surface area contributed by atoms with Crippen molar-refractivity contribution in [3.05, 3.63) is 53.6 Å². The summed E-state index contributed by atoms with van der Waals surface area (Å²) in [5.41, 5.74) is 2.41. The van der Waals surface area contributed by atoms with Crippen molar-refractivity contribution in [2.24, 2.45) is 5.10 Å². The van der Waals surface area contributed by atoms with Gasteiger partial charge in [0.1, 0.15) is 23.8 Å². The van der Waals surface area contributed by atoms with Crippen LogP contribution in [-0.4, -0.2) is 68.5 Å². The third-order valence-electron chi connectivity index (χ3n) is 5.52. The van der Waals surface area contributed by atoms with Gasteiger partial charge in [0, 0.05) is 25.1 Å². The lowest BCUT2D eigenvalue weighted by molar-refractivity contribution is -0.133. The minimum Gasteiger partial charge on any atom is -0.497 e. The van der Waals surface area contributed by atoms with Crippen LogP contribution in [-0.2, 0) is 4.79 Å². The largest absolute Gasteiger partial charge is 0.497 e. The summed E-state index contributed by atoms with van der Waals surface area (Å²) < 4.78 is 16.2. The summed E-state index contributed by atoms with van der Waals surface area (Å²) in [4.78, 5) is 27.1. The maximum absolute atomic E-state index is 13.4. The lowest BCUT2D eigenvalue weighted by Crippen LogP contribution is -2.45. The Labute approximate surface area is 200 Å². The van der Waals surface area contributed by atoms with Gasteiger partial charge in [-0.25, -0.2) is 9.80 Å². The van der Waals surface area contributed by atoms with Crippen molar-refractivity contribution >= 4 is 17.6 Å². The van der Waals surface area contributed by atoms with E-state index < -0.39 is 6.04 Å². The van der Waals surface area contributed by atoms with Crippen molar-refractivity contribution in [1.29, 1.82) is 0 Å². The molecule has 0 unspecified atom stereocenters. The summed E-state index contributed by atoms with van der Waals surface area (Å²) in [5.74, 6) is 1.70. The van der Waals surface area contributed by atoms with E-state index in [4.69, 9.17) is 14.2 Å². The third kappa shape index (κ3) is 5.59. The maximum Gasteiger partial charge on any atom is 0.317 e. The number of hydrazone groups is 1. The molecule has 1 aliphatic heterocycles. The van der Waals surface area contributed by atoms with Gasteiger partial charge in [0.05, 0.1) is 33.1 Å². The Hall–Kier alpha value is -3.75. The molecule has 0 radical (unpaired) electrons. The number of methoxy groups -OCH3 is 3. The molecular formula is C25H32N4O5. The molecule has 0 saturated heterocycles. The van der Waals surface area contributed by atoms with E-state index in [2.05, 4.69) is 10.4 Å². The molecule has 0 spiro atoms. The summed E-state index contributed by atoms with van der Waals surface area (Å²) in [7, 11) is 6.37. The van der Waals surface area contributed by atoms with Crippen LogP contribution in [0.1, 0.15) is 37.4 Å². The van der Waals surface area contributed by atoms with Gasteiger partial charge in [-0.15, -0.1) is 0 Å². The van der Waals surface area contributed by atoms with Gasteiger partial charge in [0.15, 0.2) is 0 Å². The number of likely N-dealkylation sites (N-methyl/N-ethyl adjacent to an activating group) is 1. The molecule has 1 heterocycles. The molecule has 1 N–H and O–H groups in total. The van der Waals surface area contributed by atoms with Gasteiger partial charge in [0.25, 0.3) is 5.91 Å². The Morgan fingerprint density at radius 3 is 2.29 bits per heavy atom. The van der Waals surface area contributed by atoms with E-state index in [0.717, 1.165) is 22.6 Å². The SMILES string of the molecule is COc1ccc(C2=NN(C(=O)CN(C)C(=O)NC(C)C)[C@@H](c3cc(OC)ccc3OC)C2)cc1. The first-order valence-electron chi connectivity index (χ1n) is 11.0. The lowest BCUT2D eigenvalue weighted by atomic mass is 9.97. The molecule has 34 heavy (non-hydrogen) atoms. The number of amides is 3. The molecule has 9 nitrogen and oxygen atoms in total. The first kappa shape index (κ1) is 24.9. The number of carbonyl (C=O) groups is 2. The number of ether oxygens (including phenoxy) is 3. The smallest absolute Gasteiger partial charge is 0.317 e. The van der Waals surface area contributed by atoms with E-state index in [1.54, 1.807) is 34.4 Å². The fraction of sp³-hybridized carbons (Fsp3) is 0.400. The molecule has 182 valence electrons. The summed E-state index contributed by atoms with van der Waals surface area (Å²) in [5, 5.41) is 8.91. The van der Waals surface area contributed by atoms with Crippen LogP contribution in [0.25, 0.3) is 0 Å². The van der Waals surface area contributed by atoms with E-state index in [9.17, 15) is 9.59 Å². The van der Waals surface area contributed by atoms with Crippen LogP contribution in [0.4, 0.5) is 4.79 Å². The molecule has 0 aliphatic carbocycles. The van der Waals surface area contributed by atoms with Gasteiger partial charge in [-0.3, -0.25) is 4.79 Å². The van der Waals surface area contributed by atoms with Crippen LogP contribution in [0.15, 0.2) is 47.6 Å². The number of hydrogen-bond donors (Lipinski definition) is 1. The Morgan fingerprint density at radius 1 is 1.06 bits per heavy atom. The minimum absolute atomic E-state index is 0.0367. The maximum atomic E-state index is 13.4. The van der Waals surface area contributed by atoms with Crippen molar-refractivity contribution < 1.29 is 23.8 Å². The number of urea groups is 1. The first-order valence-corrected chi connectivity index (χ1v) is 11.0. The fourth-order valence-corrected chi connectivity index (χ4v) is 3.74. The zero-order valence-corrected chi connectivity index (χ0v) is 20.5. The zero-order valence-electron chi connectivity index (χ0n) is 20.5. The van der Waals surface area contributed by atoms with Gasteiger partial charge in [-0.1, -0.05) is 0 Å². The normalized spacial score (nSPS) is 15.1. The molecule has 2 aromatic rings. The Morgan fingerprint density at radius 2 is 1.71 bits per heavy atom. The van der Waals surface area contributed by atoms with Crippen molar-refractivity contribution in [1.82, 2.24) is 15.2 Å². The summed E-state index contributed by atoms with van der Waals surface area (Å²) in [6, 6.07) is 12.2. The number of nitrogens with one attached hydrogen (secondary N) is 1. The van der Waals surface area contributed by atoms with Gasteiger partial charge < -0.3 is 24.4 Å². The van der Waals surface area contributed by atoms with Crippen molar-refractivity contribution in [3.63, 3.8) is 0 Å². The number of nitrogens with zero attached hydrogens (tertiary/aromatic N) is 3. The van der Waals surface area contributed by atoms with Gasteiger partial charge in [-0.05, 0) is 61.9 Å². The van der Waals surface area contributed by atoms with E-state index in [1.165, 1.54) is 9.91 Å². The molecule has 0 bridgehead atoms. The first-order chi connectivity index (χ1) is 16.3. The summed E-state index contributed by atoms with van der Waals surface area (Å²) in [6.07, 6.45) is 0.476. The van der Waals surface area contributed by atoms with E-state index in [1.807, 2.05) is 50.2 Å². The zero-order chi connectivity index (χ0) is 24.8. The molecule has 1 atom stereocenters. The van der Waals surface area contributed by atoms with Gasteiger partial charge in [-0.2, -0.15) is 5.10 Å². The van der Waals surface area contributed by atoms with Crippen molar-refractivity contribution in [2.75, 3.05) is 34.9 Å². The highest BCUT2D eigenvalue weighted by molar-refractivity contribution is 6.03. The Kier molecular flexibility index (Phi) is 7.99. The summed E-state index contributed by atoms with van der Waals surface area (Å²) in [6.45, 7) is 3.61. The molecule has 0 saturated carbocycles. The molecule has 0 fully saturated rings. The van der Waals surface area contributed by atoms with Gasteiger partial charge >= 0.3 is 6.03 Å². The number of rotatable bonds is 8. The van der Waals surface area contributed by atoms with Crippen LogP contribution < -0.4 is 19.5 Å². The van der Waals surface area contributed by atoms with Gasteiger partial charge in [0.2, 0.25) is 0 Å². The standard InChI is InChI=1S/C25H32N4O5/c1-16(2)26-25(31)28(3)15-24(30)29-22(20-13-19(33-5)11-12-23(20)34-6)14-21(27-29)17-7-9-18(32-4)10-8-17/h7-13,16,22H,14-15H2,1-6H3,(H,26,31)/t22-/m1/s1. The second-order valence-electron chi connectivity index (χ2n) is 8.30. The van der Waals surface area contributed by atoms with Crippen LogP contribution in [0.3, 0.4) is 0 Å². The Balaban J connectivity index is 1.95. The minimum atomic E-state index is -0.420. The second kappa shape index (κ2) is 10.9. The van der Waals surface area contributed by atoms with Crippen molar-refractivity contribution in [3.8, 4) is 17.2 Å². The fourth-order valence-electron chi connectivity index (χ4n) is 3.74. The van der Waals surface area contributed by atoms with Crippen LogP contribution in [0.2, 0.25) is 0 Å². The number of carbonyl (C=O) groups excluding carboxylic acids is 2. The van der Waals surface area contributed by atoms with Crippen molar-refractivity contribution in [2.45, 2.75) is 32.4 Å². The third-order valence-corrected chi connectivity index (χ3v) is 5.52. The highest BCUT2D eigenvalue weighted by atomic mass is 16.5. The van der Waals surface area contributed by atoms with E-state index in [-0.39, 0.29) is 24.5 Å². The topological polar surface area (TPSA) is 92.7 Å². The molecule has 1 aliphatic rings. The number of benzene rings is 2. The second-order valence-corrected chi connectivity index (χ2v) is 8.30. The molecule has 2 aromatic carbocycles. The highest BCUT2D eigenvalue weighted by Crippen LogP contribution is 2.39. The van der Waals surface area contributed by atoms with Crippen LogP contribution >= 0.6 is 0 Å². The number of hydrogen-bond acceptors (Lipinski definition) is 6. The predicted molar refractivity (Wildman–Crippen MR) is 130 cm³/mol. The molecule has 9 heteroatoms. The highest BCUT2D eigenvalue weighted by Gasteiger charge is 2.36. The lowest BCUT2D eigenvalue weighted by Gasteiger charge is -2.26. The van der Waals surface area contributed by atoms with E-state index in [0.29, 0.717) is 17.9 Å². The molecule has 0 aromatic heterocycles. The average Bonchev–Trinajstić information content (AvgIpc) is 3.28. The monoisotopic (exact) mass is 468 g/mol. The predicted octanol–water partition coefficient (Wildman–Crippen LogP) is 3.44.